The summed E-state index contributed by atoms with van der Waals surface area (Å²) in [4.78, 5) is 16.1. The third kappa shape index (κ3) is 5.51. The van der Waals surface area contributed by atoms with E-state index < -0.39 is 8.07 Å². The summed E-state index contributed by atoms with van der Waals surface area (Å²) in [6.45, 7) is 0. The minimum atomic E-state index is -2.89. The van der Waals surface area contributed by atoms with E-state index >= 15 is 0 Å². The highest BCUT2D eigenvalue weighted by Crippen LogP contribution is 2.36. The third-order valence-corrected chi connectivity index (χ3v) is 18.9. The van der Waals surface area contributed by atoms with Gasteiger partial charge in [0.15, 0.2) is 13.9 Å². The zero-order valence-electron chi connectivity index (χ0n) is 34.5. The Hall–Kier alpha value is -7.97. The molecule has 0 amide bonds. The largest absolute Gasteiger partial charge is 0.278 e. The van der Waals surface area contributed by atoms with E-state index in [4.69, 9.17) is 15.0 Å². The van der Waals surface area contributed by atoms with E-state index in [1.54, 1.807) is 0 Å². The van der Waals surface area contributed by atoms with Crippen LogP contribution in [0.25, 0.3) is 87.1 Å². The van der Waals surface area contributed by atoms with Gasteiger partial charge in [0.2, 0.25) is 11.9 Å². The van der Waals surface area contributed by atoms with Crippen LogP contribution >= 0.6 is 11.3 Å². The summed E-state index contributed by atoms with van der Waals surface area (Å²) in [6, 6.07) is 81.4. The molecule has 300 valence electrons. The Kier molecular flexibility index (Phi) is 8.34. The smallest absolute Gasteiger partial charge is 0.240 e. The first-order chi connectivity index (χ1) is 31.7. The summed E-state index contributed by atoms with van der Waals surface area (Å²) in [5.74, 6) is 1.74. The standard InChI is InChI=1S/C57H37N5SSi/c1-3-17-39(18-4-1)64(40-19-5-2-6-20-40,42-35-36-54-48(37-42)47-25-11-16-30-53(47)63-54)41-33-31-38(32-34-41)55-58-56(61-49-26-12-7-21-43(49)44-22-8-13-27-50(44)61)60-57(59-55)62-51-28-14-9-23-45(51)46-24-10-15-29-52(46)62/h1-37H. The Bertz CT molecular complexity index is 3630. The van der Waals surface area contributed by atoms with Gasteiger partial charge in [-0.3, -0.25) is 9.13 Å². The van der Waals surface area contributed by atoms with E-state index in [1.165, 1.54) is 40.9 Å². The van der Waals surface area contributed by atoms with E-state index in [9.17, 15) is 0 Å². The molecule has 13 rings (SSSR count). The number of hydrogen-bond acceptors (Lipinski definition) is 4. The molecular formula is C57H37N5SSi. The van der Waals surface area contributed by atoms with Crippen LogP contribution in [0.1, 0.15) is 0 Å². The van der Waals surface area contributed by atoms with Crippen LogP contribution in [0.5, 0.6) is 0 Å². The highest BCUT2D eigenvalue weighted by atomic mass is 32.1. The second-order valence-electron chi connectivity index (χ2n) is 16.4. The van der Waals surface area contributed by atoms with Crippen molar-refractivity contribution >= 4 is 104 Å². The predicted molar refractivity (Wildman–Crippen MR) is 270 cm³/mol. The lowest BCUT2D eigenvalue weighted by Crippen LogP contribution is -2.74. The van der Waals surface area contributed by atoms with Crippen LogP contribution in [0.3, 0.4) is 0 Å². The highest BCUT2D eigenvalue weighted by molar-refractivity contribution is 7.26. The minimum Gasteiger partial charge on any atom is -0.278 e. The van der Waals surface area contributed by atoms with Crippen molar-refractivity contribution in [2.24, 2.45) is 0 Å². The van der Waals surface area contributed by atoms with Crippen molar-refractivity contribution in [2.45, 2.75) is 0 Å². The Morgan fingerprint density at radius 1 is 0.312 bits per heavy atom. The first-order valence-corrected chi connectivity index (χ1v) is 24.4. The van der Waals surface area contributed by atoms with Gasteiger partial charge in [-0.2, -0.15) is 15.0 Å². The van der Waals surface area contributed by atoms with Crippen molar-refractivity contribution in [1.82, 2.24) is 24.1 Å². The number of thiophene rings is 1. The zero-order valence-corrected chi connectivity index (χ0v) is 36.3. The average Bonchev–Trinajstić information content (AvgIpc) is 4.03. The summed E-state index contributed by atoms with van der Waals surface area (Å²) < 4.78 is 6.99. The van der Waals surface area contributed by atoms with Gasteiger partial charge >= 0.3 is 0 Å². The molecule has 64 heavy (non-hydrogen) atoms. The third-order valence-electron chi connectivity index (χ3n) is 13.0. The van der Waals surface area contributed by atoms with Gasteiger partial charge in [-0.05, 0) is 57.1 Å². The molecule has 0 radical (unpaired) electrons. The molecule has 9 aromatic carbocycles. The van der Waals surface area contributed by atoms with Gasteiger partial charge in [-0.1, -0.05) is 188 Å². The highest BCUT2D eigenvalue weighted by Gasteiger charge is 2.41. The molecule has 0 saturated heterocycles. The molecule has 0 atom stereocenters. The fourth-order valence-corrected chi connectivity index (χ4v) is 16.0. The van der Waals surface area contributed by atoms with Crippen molar-refractivity contribution in [3.8, 4) is 23.3 Å². The lowest BCUT2D eigenvalue weighted by molar-refractivity contribution is 0.893. The van der Waals surface area contributed by atoms with Crippen molar-refractivity contribution in [1.29, 1.82) is 0 Å². The summed E-state index contributed by atoms with van der Waals surface area (Å²) >= 11 is 1.86. The van der Waals surface area contributed by atoms with Gasteiger partial charge in [0, 0.05) is 47.3 Å². The number of para-hydroxylation sites is 4. The van der Waals surface area contributed by atoms with Gasteiger partial charge in [0.25, 0.3) is 0 Å². The summed E-state index contributed by atoms with van der Waals surface area (Å²) in [5.41, 5.74) is 5.09. The van der Waals surface area contributed by atoms with Crippen LogP contribution in [-0.4, -0.2) is 32.2 Å². The zero-order chi connectivity index (χ0) is 42.2. The van der Waals surface area contributed by atoms with Crippen LogP contribution in [0.2, 0.25) is 0 Å². The first-order valence-electron chi connectivity index (χ1n) is 21.6. The summed E-state index contributed by atoms with van der Waals surface area (Å²) in [6.07, 6.45) is 0. The topological polar surface area (TPSA) is 48.5 Å². The summed E-state index contributed by atoms with van der Waals surface area (Å²) in [7, 11) is -2.89. The fraction of sp³-hybridized carbons (Fsp3) is 0. The minimum absolute atomic E-state index is 0.567. The molecule has 0 aliphatic rings. The molecule has 0 aliphatic carbocycles. The number of aromatic nitrogens is 5. The lowest BCUT2D eigenvalue weighted by Gasteiger charge is -2.34. The lowest BCUT2D eigenvalue weighted by atomic mass is 10.1. The van der Waals surface area contributed by atoms with Crippen LogP contribution in [0, 0.1) is 0 Å². The number of rotatable bonds is 7. The van der Waals surface area contributed by atoms with Crippen molar-refractivity contribution in [3.63, 3.8) is 0 Å². The van der Waals surface area contributed by atoms with Gasteiger partial charge in [0.1, 0.15) is 0 Å². The maximum absolute atomic E-state index is 5.38. The molecular weight excluding hydrogens is 815 g/mol. The normalized spacial score (nSPS) is 12.1. The Labute approximate surface area is 373 Å². The van der Waals surface area contributed by atoms with Gasteiger partial charge in [-0.15, -0.1) is 11.3 Å². The second-order valence-corrected chi connectivity index (χ2v) is 21.3. The van der Waals surface area contributed by atoms with E-state index in [2.05, 4.69) is 234 Å². The molecule has 7 heteroatoms. The molecule has 0 fully saturated rings. The van der Waals surface area contributed by atoms with Crippen LogP contribution in [0.15, 0.2) is 224 Å². The average molecular weight is 852 g/mol. The van der Waals surface area contributed by atoms with Gasteiger partial charge < -0.3 is 0 Å². The van der Waals surface area contributed by atoms with Crippen LogP contribution in [0.4, 0.5) is 0 Å². The van der Waals surface area contributed by atoms with E-state index in [0.29, 0.717) is 17.7 Å². The number of fused-ring (bicyclic) bond motifs is 9. The SMILES string of the molecule is c1ccc([Si](c2ccccc2)(c2ccc(-c3nc(-n4c5ccccc5c5ccccc54)nc(-n4c5ccccc5c5ccccc54)n3)cc2)c2ccc3sc4ccccc4c3c2)cc1. The first kappa shape index (κ1) is 36.7. The van der Waals surface area contributed by atoms with E-state index in [0.717, 1.165) is 49.2 Å². The quantitative estimate of drug-likeness (QED) is 0.119. The van der Waals surface area contributed by atoms with E-state index in [-0.39, 0.29) is 0 Å². The van der Waals surface area contributed by atoms with Crippen molar-refractivity contribution in [3.05, 3.63) is 224 Å². The van der Waals surface area contributed by atoms with Crippen molar-refractivity contribution in [2.75, 3.05) is 0 Å². The number of benzene rings is 9. The molecule has 0 N–H and O–H groups in total. The Morgan fingerprint density at radius 2 is 0.703 bits per heavy atom. The molecule has 5 nitrogen and oxygen atoms in total. The summed E-state index contributed by atoms with van der Waals surface area (Å²) in [5, 5.41) is 12.5. The van der Waals surface area contributed by atoms with Crippen LogP contribution in [-0.2, 0) is 0 Å². The molecule has 4 aromatic heterocycles. The number of nitrogens with zero attached hydrogens (tertiary/aromatic N) is 5. The molecule has 0 bridgehead atoms. The molecule has 0 spiro atoms. The maximum atomic E-state index is 5.38. The molecule has 4 heterocycles. The fourth-order valence-electron chi connectivity index (χ4n) is 10.2. The van der Waals surface area contributed by atoms with Gasteiger partial charge in [-0.25, -0.2) is 0 Å². The van der Waals surface area contributed by atoms with Crippen LogP contribution < -0.4 is 20.7 Å². The van der Waals surface area contributed by atoms with Crippen molar-refractivity contribution < 1.29 is 0 Å². The monoisotopic (exact) mass is 851 g/mol. The molecule has 0 unspecified atom stereocenters. The maximum Gasteiger partial charge on any atom is 0.240 e. The van der Waals surface area contributed by atoms with Gasteiger partial charge in [0.05, 0.1) is 22.1 Å². The Morgan fingerprint density at radius 3 is 1.20 bits per heavy atom. The second kappa shape index (κ2) is 14.6. The molecule has 0 saturated carbocycles. The Balaban J connectivity index is 1.06. The molecule has 0 aliphatic heterocycles. The van der Waals surface area contributed by atoms with E-state index in [1.807, 2.05) is 11.3 Å². The number of hydrogen-bond donors (Lipinski definition) is 0. The molecule has 13 aromatic rings. The predicted octanol–water partition coefficient (Wildman–Crippen LogP) is 11.5.